The van der Waals surface area contributed by atoms with Gasteiger partial charge in [-0.15, -0.1) is 0 Å². The van der Waals surface area contributed by atoms with Crippen LogP contribution < -0.4 is 4.90 Å². The Balaban J connectivity index is 1.95. The highest BCUT2D eigenvalue weighted by atomic mass is 35.5. The molecule has 0 saturated carbocycles. The highest BCUT2D eigenvalue weighted by Gasteiger charge is 2.18. The van der Waals surface area contributed by atoms with Gasteiger partial charge in [-0.3, -0.25) is 24.5 Å². The fraction of sp³-hybridized carbons (Fsp3) is 0.261. The predicted octanol–water partition coefficient (Wildman–Crippen LogP) is 4.63. The van der Waals surface area contributed by atoms with E-state index in [1.165, 1.54) is 0 Å². The maximum Gasteiger partial charge on any atom is 0.229 e. The average Bonchev–Trinajstić information content (AvgIpc) is 2.77. The summed E-state index contributed by atoms with van der Waals surface area (Å²) in [5.41, 5.74) is 3.34. The minimum Gasteiger partial charge on any atom is -0.315 e. The lowest BCUT2D eigenvalue weighted by Gasteiger charge is -2.21. The molecule has 0 aliphatic heterocycles. The second-order valence-electron chi connectivity index (χ2n) is 7.30. The van der Waals surface area contributed by atoms with E-state index < -0.39 is 0 Å². The number of ketones is 1. The van der Waals surface area contributed by atoms with E-state index >= 15 is 0 Å². The topological polar surface area (TPSA) is 76.1 Å². The number of pyridine rings is 1. The van der Waals surface area contributed by atoms with E-state index in [-0.39, 0.29) is 24.0 Å². The summed E-state index contributed by atoms with van der Waals surface area (Å²) in [4.78, 5) is 39.6. The standard InChI is InChI=1S/C23H23ClN4O2/c1-15(2)23(30)28(3)20-11-16(21-6-4-18(24)13-27-21)10-17(12-20)22(29)7-5-19-14-25-8-9-26-19/h4,6,8-15H,5,7H2,1-3H3. The minimum atomic E-state index is -0.164. The van der Waals surface area contributed by atoms with Gasteiger partial charge in [-0.05, 0) is 36.8 Å². The van der Waals surface area contributed by atoms with Crippen molar-refractivity contribution >= 4 is 29.0 Å². The van der Waals surface area contributed by atoms with Crippen LogP contribution in [0.5, 0.6) is 0 Å². The third-order valence-corrected chi connectivity index (χ3v) is 4.92. The fourth-order valence-corrected chi connectivity index (χ4v) is 3.13. The van der Waals surface area contributed by atoms with Crippen LogP contribution in [0.4, 0.5) is 5.69 Å². The number of aromatic nitrogens is 3. The second-order valence-corrected chi connectivity index (χ2v) is 7.74. The van der Waals surface area contributed by atoms with Crippen molar-refractivity contribution in [1.82, 2.24) is 15.0 Å². The third-order valence-electron chi connectivity index (χ3n) is 4.70. The lowest BCUT2D eigenvalue weighted by atomic mass is 9.99. The Labute approximate surface area is 181 Å². The summed E-state index contributed by atoms with van der Waals surface area (Å²) in [5, 5.41) is 0.530. The molecule has 154 valence electrons. The van der Waals surface area contributed by atoms with Crippen molar-refractivity contribution in [1.29, 1.82) is 0 Å². The van der Waals surface area contributed by atoms with E-state index in [0.29, 0.717) is 28.4 Å². The molecule has 0 aliphatic carbocycles. The van der Waals surface area contributed by atoms with Crippen LogP contribution in [0.15, 0.2) is 55.1 Å². The summed E-state index contributed by atoms with van der Waals surface area (Å²) in [6, 6.07) is 8.94. The Morgan fingerprint density at radius 1 is 1.07 bits per heavy atom. The molecule has 2 heterocycles. The molecular formula is C23H23ClN4O2. The van der Waals surface area contributed by atoms with Gasteiger partial charge in [0.05, 0.1) is 16.4 Å². The molecule has 0 atom stereocenters. The number of carbonyl (C=O) groups is 2. The highest BCUT2D eigenvalue weighted by molar-refractivity contribution is 6.30. The molecule has 2 aromatic heterocycles. The van der Waals surface area contributed by atoms with E-state index in [1.54, 1.807) is 61.0 Å². The summed E-state index contributed by atoms with van der Waals surface area (Å²) in [6.45, 7) is 3.69. The van der Waals surface area contributed by atoms with Crippen molar-refractivity contribution in [3.63, 3.8) is 0 Å². The van der Waals surface area contributed by atoms with Gasteiger partial charge in [0, 0.05) is 61.0 Å². The normalized spacial score (nSPS) is 10.8. The van der Waals surface area contributed by atoms with Gasteiger partial charge in [-0.25, -0.2) is 0 Å². The Morgan fingerprint density at radius 3 is 2.50 bits per heavy atom. The largest absolute Gasteiger partial charge is 0.315 e. The van der Waals surface area contributed by atoms with Gasteiger partial charge in [-0.1, -0.05) is 25.4 Å². The first-order valence-corrected chi connectivity index (χ1v) is 10.1. The number of benzene rings is 1. The number of hydrogen-bond acceptors (Lipinski definition) is 5. The van der Waals surface area contributed by atoms with Crippen molar-refractivity contribution in [3.05, 3.63) is 71.4 Å². The van der Waals surface area contributed by atoms with Crippen molar-refractivity contribution in [3.8, 4) is 11.3 Å². The van der Waals surface area contributed by atoms with E-state index in [2.05, 4.69) is 15.0 Å². The van der Waals surface area contributed by atoms with Gasteiger partial charge < -0.3 is 4.90 Å². The van der Waals surface area contributed by atoms with Crippen molar-refractivity contribution < 1.29 is 9.59 Å². The molecule has 0 radical (unpaired) electrons. The van der Waals surface area contributed by atoms with E-state index in [4.69, 9.17) is 11.6 Å². The van der Waals surface area contributed by atoms with Crippen LogP contribution in [-0.2, 0) is 11.2 Å². The molecule has 7 heteroatoms. The zero-order valence-electron chi connectivity index (χ0n) is 17.2. The molecule has 3 aromatic rings. The molecule has 3 rings (SSSR count). The van der Waals surface area contributed by atoms with Crippen molar-refractivity contribution in [2.24, 2.45) is 5.92 Å². The van der Waals surface area contributed by atoms with Crippen LogP contribution >= 0.6 is 11.6 Å². The Bertz CT molecular complexity index is 1040. The smallest absolute Gasteiger partial charge is 0.229 e. The van der Waals surface area contributed by atoms with Crippen molar-refractivity contribution in [2.45, 2.75) is 26.7 Å². The van der Waals surface area contributed by atoms with E-state index in [0.717, 1.165) is 11.3 Å². The molecule has 1 amide bonds. The first-order valence-electron chi connectivity index (χ1n) is 9.68. The van der Waals surface area contributed by atoms with Gasteiger partial charge in [0.1, 0.15) is 0 Å². The molecule has 0 spiro atoms. The molecule has 0 fully saturated rings. The molecule has 0 aliphatic rings. The Kier molecular flexibility index (Phi) is 6.90. The van der Waals surface area contributed by atoms with Crippen LogP contribution in [-0.4, -0.2) is 33.7 Å². The molecule has 6 nitrogen and oxygen atoms in total. The summed E-state index contributed by atoms with van der Waals surface area (Å²) < 4.78 is 0. The summed E-state index contributed by atoms with van der Waals surface area (Å²) in [6.07, 6.45) is 7.20. The maximum atomic E-state index is 12.9. The number of halogens is 1. The number of nitrogens with zero attached hydrogens (tertiary/aromatic N) is 4. The number of hydrogen-bond donors (Lipinski definition) is 0. The zero-order chi connectivity index (χ0) is 21.7. The van der Waals surface area contributed by atoms with Gasteiger partial charge >= 0.3 is 0 Å². The number of amides is 1. The lowest BCUT2D eigenvalue weighted by molar-refractivity contribution is -0.121. The quantitative estimate of drug-likeness (QED) is 0.519. The minimum absolute atomic E-state index is 0.0332. The van der Waals surface area contributed by atoms with Gasteiger partial charge in [-0.2, -0.15) is 0 Å². The first kappa shape index (κ1) is 21.6. The lowest BCUT2D eigenvalue weighted by Crippen LogP contribution is -2.30. The number of Topliss-reactive ketones (excluding diaryl/α,β-unsaturated/α-hetero) is 1. The molecular weight excluding hydrogens is 400 g/mol. The van der Waals surface area contributed by atoms with Gasteiger partial charge in [0.25, 0.3) is 0 Å². The second kappa shape index (κ2) is 9.59. The van der Waals surface area contributed by atoms with E-state index in [1.807, 2.05) is 19.9 Å². The number of rotatable bonds is 7. The first-order chi connectivity index (χ1) is 14.3. The van der Waals surface area contributed by atoms with Gasteiger partial charge in [0.15, 0.2) is 5.78 Å². The van der Waals surface area contributed by atoms with Crippen LogP contribution in [0.3, 0.4) is 0 Å². The predicted molar refractivity (Wildman–Crippen MR) is 118 cm³/mol. The summed E-state index contributed by atoms with van der Waals surface area (Å²) >= 11 is 5.96. The fourth-order valence-electron chi connectivity index (χ4n) is 3.02. The molecule has 0 saturated heterocycles. The van der Waals surface area contributed by atoms with Crippen molar-refractivity contribution in [2.75, 3.05) is 11.9 Å². The third kappa shape index (κ3) is 5.27. The van der Waals surface area contributed by atoms with Crippen LogP contribution in [0.2, 0.25) is 5.02 Å². The van der Waals surface area contributed by atoms with Crippen LogP contribution in [0.1, 0.15) is 36.3 Å². The van der Waals surface area contributed by atoms with Crippen LogP contribution in [0, 0.1) is 5.92 Å². The van der Waals surface area contributed by atoms with Gasteiger partial charge in [0.2, 0.25) is 5.91 Å². The highest BCUT2D eigenvalue weighted by Crippen LogP contribution is 2.28. The molecule has 1 aromatic carbocycles. The monoisotopic (exact) mass is 422 g/mol. The average molecular weight is 423 g/mol. The van der Waals surface area contributed by atoms with Crippen LogP contribution in [0.25, 0.3) is 11.3 Å². The van der Waals surface area contributed by atoms with E-state index in [9.17, 15) is 9.59 Å². The summed E-state index contributed by atoms with van der Waals surface area (Å²) in [7, 11) is 1.71. The Morgan fingerprint density at radius 2 is 1.87 bits per heavy atom. The molecule has 0 bridgehead atoms. The zero-order valence-corrected chi connectivity index (χ0v) is 17.9. The SMILES string of the molecule is CC(C)C(=O)N(C)c1cc(C(=O)CCc2cnccn2)cc(-c2ccc(Cl)cn2)c1. The molecule has 0 unspecified atom stereocenters. The number of anilines is 1. The summed E-state index contributed by atoms with van der Waals surface area (Å²) in [5.74, 6) is -0.236. The molecule has 30 heavy (non-hydrogen) atoms. The maximum absolute atomic E-state index is 12.9. The number of aryl methyl sites for hydroxylation is 1. The Hall–Kier alpha value is -3.12. The number of carbonyl (C=O) groups excluding carboxylic acids is 2. The molecule has 0 N–H and O–H groups in total.